The topological polar surface area (TPSA) is 59.4 Å². The van der Waals surface area contributed by atoms with E-state index in [0.29, 0.717) is 34.1 Å². The van der Waals surface area contributed by atoms with E-state index in [1.807, 2.05) is 30.3 Å². The van der Waals surface area contributed by atoms with Crippen molar-refractivity contribution < 1.29 is 13.5 Å². The molecule has 42 heavy (non-hydrogen) atoms. The van der Waals surface area contributed by atoms with Gasteiger partial charge in [0.1, 0.15) is 29.3 Å². The largest absolute Gasteiger partial charge is 0.490 e. The lowest BCUT2D eigenvalue weighted by Gasteiger charge is -2.46. The Hall–Kier alpha value is -3.68. The van der Waals surface area contributed by atoms with Crippen LogP contribution < -0.4 is 10.1 Å². The van der Waals surface area contributed by atoms with E-state index in [1.54, 1.807) is 18.3 Å². The molecule has 3 aromatic carbocycles. The van der Waals surface area contributed by atoms with E-state index in [4.69, 9.17) is 21.3 Å². The van der Waals surface area contributed by atoms with Crippen molar-refractivity contribution in [2.24, 2.45) is 4.99 Å². The third-order valence-corrected chi connectivity index (χ3v) is 7.96. The summed E-state index contributed by atoms with van der Waals surface area (Å²) in [6, 6.07) is 17.1. The summed E-state index contributed by atoms with van der Waals surface area (Å²) in [6.07, 6.45) is 4.18. The Bertz CT molecular complexity index is 1660. The van der Waals surface area contributed by atoms with Crippen LogP contribution in [-0.4, -0.2) is 32.9 Å². The predicted octanol–water partition coefficient (Wildman–Crippen LogP) is 7.71. The van der Waals surface area contributed by atoms with Crippen LogP contribution in [0.25, 0.3) is 11.3 Å². The van der Waals surface area contributed by atoms with Gasteiger partial charge in [0.15, 0.2) is 0 Å². The molecule has 0 bridgehead atoms. The first kappa shape index (κ1) is 28.4. The van der Waals surface area contributed by atoms with Gasteiger partial charge in [-0.2, -0.15) is 0 Å². The highest BCUT2D eigenvalue weighted by atomic mass is 35.5. The molecule has 216 valence electrons. The summed E-state index contributed by atoms with van der Waals surface area (Å²) >= 11 is 6.35. The number of fused-ring (bicyclic) bond motifs is 3. The standard InChI is InChI=1S/C34H33ClF2N4O/c1-33(2)16-24(17-34(3,4)41-33)42-23-8-5-7-20(13-23)14-29-38-18-21-19-39-32(30-27(36)9-6-10-28(30)37)26-15-22(35)11-12-25(26)31(21)40-29/h5-13,15,18,24,41H,14,16-17,19H2,1-4H3. The first-order valence-electron chi connectivity index (χ1n) is 14.2. The van der Waals surface area contributed by atoms with E-state index in [-0.39, 0.29) is 35.0 Å². The van der Waals surface area contributed by atoms with Crippen LogP contribution in [-0.2, 0) is 13.0 Å². The summed E-state index contributed by atoms with van der Waals surface area (Å²) in [5.74, 6) is 0.0782. The maximum atomic E-state index is 14.9. The number of nitrogens with zero attached hydrogens (tertiary/aromatic N) is 3. The van der Waals surface area contributed by atoms with Crippen LogP contribution in [0.4, 0.5) is 8.78 Å². The summed E-state index contributed by atoms with van der Waals surface area (Å²) in [5.41, 5.74) is 3.69. The minimum atomic E-state index is -0.684. The van der Waals surface area contributed by atoms with Crippen molar-refractivity contribution in [3.05, 3.63) is 112 Å². The SMILES string of the molecule is CC1(C)CC(Oc2cccc(Cc3ncc4c(n3)-c3ccc(Cl)cc3C(c3c(F)cccc3F)=NC4)c2)CC(C)(C)N1. The Balaban J connectivity index is 1.30. The van der Waals surface area contributed by atoms with Gasteiger partial charge >= 0.3 is 0 Å². The quantitative estimate of drug-likeness (QED) is 0.260. The number of hydrogen-bond donors (Lipinski definition) is 1. The van der Waals surface area contributed by atoms with Crippen molar-refractivity contribution in [2.45, 2.75) is 70.7 Å². The molecular weight excluding hydrogens is 554 g/mol. The second-order valence-corrected chi connectivity index (χ2v) is 12.9. The predicted molar refractivity (Wildman–Crippen MR) is 162 cm³/mol. The highest BCUT2D eigenvalue weighted by molar-refractivity contribution is 6.31. The third-order valence-electron chi connectivity index (χ3n) is 7.73. The average Bonchev–Trinajstić information content (AvgIpc) is 3.04. The maximum Gasteiger partial charge on any atom is 0.135 e. The van der Waals surface area contributed by atoms with Gasteiger partial charge in [-0.3, -0.25) is 4.99 Å². The fourth-order valence-corrected chi connectivity index (χ4v) is 6.57. The summed E-state index contributed by atoms with van der Waals surface area (Å²) in [6.45, 7) is 9.02. The highest BCUT2D eigenvalue weighted by Gasteiger charge is 2.38. The molecule has 0 atom stereocenters. The fraction of sp³-hybridized carbons (Fsp3) is 0.324. The fourth-order valence-electron chi connectivity index (χ4n) is 6.40. The van der Waals surface area contributed by atoms with E-state index in [2.05, 4.69) is 43.0 Å². The maximum absolute atomic E-state index is 14.9. The van der Waals surface area contributed by atoms with Gasteiger partial charge in [-0.15, -0.1) is 0 Å². The number of aromatic nitrogens is 2. The van der Waals surface area contributed by atoms with Gasteiger partial charge in [0.25, 0.3) is 0 Å². The normalized spacial score (nSPS) is 17.5. The molecule has 2 aliphatic heterocycles. The first-order valence-corrected chi connectivity index (χ1v) is 14.5. The zero-order valence-corrected chi connectivity index (χ0v) is 24.9. The van der Waals surface area contributed by atoms with Crippen LogP contribution in [0.2, 0.25) is 5.02 Å². The monoisotopic (exact) mass is 586 g/mol. The van der Waals surface area contributed by atoms with Crippen LogP contribution in [0.15, 0.2) is 71.9 Å². The minimum absolute atomic E-state index is 0.0120. The molecule has 0 aliphatic carbocycles. The molecule has 0 spiro atoms. The lowest BCUT2D eigenvalue weighted by atomic mass is 9.81. The van der Waals surface area contributed by atoms with Gasteiger partial charge in [-0.1, -0.05) is 35.9 Å². The highest BCUT2D eigenvalue weighted by Crippen LogP contribution is 2.35. The number of hydrogen-bond acceptors (Lipinski definition) is 5. The van der Waals surface area contributed by atoms with Crippen LogP contribution in [0.5, 0.6) is 5.75 Å². The first-order chi connectivity index (χ1) is 20.0. The second-order valence-electron chi connectivity index (χ2n) is 12.5. The number of ether oxygens (including phenoxy) is 1. The molecule has 3 heterocycles. The van der Waals surface area contributed by atoms with Crippen molar-refractivity contribution in [3.63, 3.8) is 0 Å². The minimum Gasteiger partial charge on any atom is -0.490 e. The van der Waals surface area contributed by atoms with Gasteiger partial charge in [0, 0.05) is 58.3 Å². The smallest absolute Gasteiger partial charge is 0.135 e. The number of aliphatic imine (C=N–C) groups is 1. The summed E-state index contributed by atoms with van der Waals surface area (Å²) in [7, 11) is 0. The number of nitrogens with one attached hydrogen (secondary N) is 1. The van der Waals surface area contributed by atoms with Crippen molar-refractivity contribution in [1.82, 2.24) is 15.3 Å². The molecule has 0 amide bonds. The Kier molecular flexibility index (Phi) is 7.36. The molecular formula is C34H33ClF2N4O. The molecule has 4 aromatic rings. The molecule has 8 heteroatoms. The molecule has 1 fully saturated rings. The van der Waals surface area contributed by atoms with Gasteiger partial charge in [-0.25, -0.2) is 18.7 Å². The summed E-state index contributed by atoms with van der Waals surface area (Å²) < 4.78 is 36.2. The lowest BCUT2D eigenvalue weighted by Crippen LogP contribution is -2.60. The van der Waals surface area contributed by atoms with Crippen LogP contribution in [0, 0.1) is 11.6 Å². The zero-order valence-electron chi connectivity index (χ0n) is 24.1. The summed E-state index contributed by atoms with van der Waals surface area (Å²) in [4.78, 5) is 14.2. The Morgan fingerprint density at radius 2 is 1.64 bits per heavy atom. The summed E-state index contributed by atoms with van der Waals surface area (Å²) in [5, 5.41) is 4.14. The van der Waals surface area contributed by atoms with Crippen molar-refractivity contribution in [3.8, 4) is 17.0 Å². The Morgan fingerprint density at radius 3 is 2.38 bits per heavy atom. The molecule has 1 N–H and O–H groups in total. The van der Waals surface area contributed by atoms with Crippen LogP contribution >= 0.6 is 11.6 Å². The van der Waals surface area contributed by atoms with E-state index < -0.39 is 11.6 Å². The van der Waals surface area contributed by atoms with Crippen molar-refractivity contribution in [1.29, 1.82) is 0 Å². The number of benzene rings is 3. The van der Waals surface area contributed by atoms with E-state index in [9.17, 15) is 8.78 Å². The molecule has 2 aliphatic rings. The molecule has 1 aromatic heterocycles. The lowest BCUT2D eigenvalue weighted by molar-refractivity contribution is 0.0559. The van der Waals surface area contributed by atoms with E-state index in [0.717, 1.165) is 29.7 Å². The Labute approximate surface area is 250 Å². The van der Waals surface area contributed by atoms with Gasteiger partial charge in [-0.05, 0) is 69.7 Å². The Morgan fingerprint density at radius 1 is 0.929 bits per heavy atom. The van der Waals surface area contributed by atoms with E-state index >= 15 is 0 Å². The molecule has 1 saturated heterocycles. The van der Waals surface area contributed by atoms with Crippen LogP contribution in [0.3, 0.4) is 0 Å². The number of rotatable bonds is 5. The number of piperidine rings is 1. The van der Waals surface area contributed by atoms with Gasteiger partial charge in [0.05, 0.1) is 23.5 Å². The third kappa shape index (κ3) is 5.94. The second kappa shape index (κ2) is 10.9. The van der Waals surface area contributed by atoms with Gasteiger partial charge < -0.3 is 10.1 Å². The molecule has 6 rings (SSSR count). The molecule has 0 saturated carbocycles. The average molecular weight is 587 g/mol. The van der Waals surface area contributed by atoms with Gasteiger partial charge in [0.2, 0.25) is 0 Å². The molecule has 0 unspecified atom stereocenters. The van der Waals surface area contributed by atoms with Crippen molar-refractivity contribution >= 4 is 17.3 Å². The molecule has 5 nitrogen and oxygen atoms in total. The van der Waals surface area contributed by atoms with E-state index in [1.165, 1.54) is 18.2 Å². The van der Waals surface area contributed by atoms with Crippen LogP contribution in [0.1, 0.15) is 68.6 Å². The van der Waals surface area contributed by atoms with Crippen molar-refractivity contribution in [2.75, 3.05) is 0 Å². The zero-order chi connectivity index (χ0) is 29.6. The molecule has 0 radical (unpaired) electrons. The number of halogens is 3.